The zero-order chi connectivity index (χ0) is 14.7. The molecule has 0 radical (unpaired) electrons. The van der Waals surface area contributed by atoms with E-state index in [0.717, 1.165) is 0 Å². The predicted molar refractivity (Wildman–Crippen MR) is 73.0 cm³/mol. The van der Waals surface area contributed by atoms with Crippen LogP contribution in [-0.2, 0) is 5.41 Å². The summed E-state index contributed by atoms with van der Waals surface area (Å²) in [4.78, 5) is 31.2. The van der Waals surface area contributed by atoms with Gasteiger partial charge in [-0.3, -0.25) is 14.7 Å². The monoisotopic (exact) mass is 274 g/mol. The van der Waals surface area contributed by atoms with Gasteiger partial charge in [0.2, 0.25) is 0 Å². The number of H-pyrrole nitrogens is 2. The van der Waals surface area contributed by atoms with E-state index in [0.29, 0.717) is 17.2 Å². The Kier molecular flexibility index (Phi) is 2.35. The second kappa shape index (κ2) is 3.75. The van der Waals surface area contributed by atoms with E-state index in [1.807, 2.05) is 20.8 Å². The van der Waals surface area contributed by atoms with Crippen LogP contribution in [0.25, 0.3) is 16.7 Å². The molecule has 0 fully saturated rings. The predicted octanol–water partition coefficient (Wildman–Crippen LogP) is 0.260. The lowest BCUT2D eigenvalue weighted by atomic mass is 9.93. The summed E-state index contributed by atoms with van der Waals surface area (Å²) in [5.41, 5.74) is -0.260. The minimum Gasteiger partial charge on any atom is -0.310 e. The van der Waals surface area contributed by atoms with Crippen molar-refractivity contribution in [1.29, 1.82) is 0 Å². The summed E-state index contributed by atoms with van der Waals surface area (Å²) in [6.07, 6.45) is 0. The van der Waals surface area contributed by atoms with Gasteiger partial charge in [0.1, 0.15) is 16.9 Å². The molecule has 0 aliphatic carbocycles. The molecule has 0 atom stereocenters. The van der Waals surface area contributed by atoms with E-state index in [-0.39, 0.29) is 22.2 Å². The van der Waals surface area contributed by atoms with Crippen LogP contribution in [0.1, 0.15) is 32.3 Å². The third-order valence-electron chi connectivity index (χ3n) is 3.05. The van der Waals surface area contributed by atoms with Gasteiger partial charge < -0.3 is 4.98 Å². The quantitative estimate of drug-likeness (QED) is 0.611. The molecule has 8 nitrogen and oxygen atoms in total. The number of nitrogens with zero attached hydrogens (tertiary/aromatic N) is 4. The third kappa shape index (κ3) is 1.64. The highest BCUT2D eigenvalue weighted by atomic mass is 16.1. The number of fused-ring (bicyclic) bond motifs is 3. The molecule has 0 amide bonds. The van der Waals surface area contributed by atoms with E-state index in [1.54, 1.807) is 6.92 Å². The Hall–Kier alpha value is -2.51. The topological polar surface area (TPSA) is 109 Å². The summed E-state index contributed by atoms with van der Waals surface area (Å²) < 4.78 is 1.22. The molecule has 0 unspecified atom stereocenters. The third-order valence-corrected chi connectivity index (χ3v) is 3.05. The molecule has 3 aromatic heterocycles. The summed E-state index contributed by atoms with van der Waals surface area (Å²) in [6, 6.07) is 0. The molecule has 0 aliphatic rings. The van der Waals surface area contributed by atoms with E-state index >= 15 is 0 Å². The molecule has 0 aliphatic heterocycles. The first kappa shape index (κ1) is 12.5. The van der Waals surface area contributed by atoms with Crippen LogP contribution in [0.5, 0.6) is 0 Å². The Balaban J connectivity index is 2.53. The zero-order valence-corrected chi connectivity index (χ0v) is 11.6. The van der Waals surface area contributed by atoms with Gasteiger partial charge in [0.05, 0.1) is 0 Å². The van der Waals surface area contributed by atoms with E-state index in [9.17, 15) is 9.59 Å². The molecule has 0 bridgehead atoms. The number of hydrogen-bond acceptors (Lipinski definition) is 5. The number of rotatable bonds is 0. The van der Waals surface area contributed by atoms with Gasteiger partial charge in [0.25, 0.3) is 11.1 Å². The molecule has 20 heavy (non-hydrogen) atoms. The van der Waals surface area contributed by atoms with Gasteiger partial charge in [-0.15, -0.1) is 10.2 Å². The summed E-state index contributed by atoms with van der Waals surface area (Å²) in [5, 5.41) is 11.0. The average molecular weight is 274 g/mol. The van der Waals surface area contributed by atoms with E-state index in [1.165, 1.54) is 4.52 Å². The van der Waals surface area contributed by atoms with Crippen molar-refractivity contribution in [3.63, 3.8) is 0 Å². The minimum absolute atomic E-state index is 0.187. The molecule has 0 saturated carbocycles. The molecular weight excluding hydrogens is 260 g/mol. The van der Waals surface area contributed by atoms with Crippen LogP contribution in [0.15, 0.2) is 9.59 Å². The SMILES string of the molecule is Cc1nc2[nH]n3c(=O)c(C(C)(C)C)nnc3c2c(=O)[nH]1. The Bertz CT molecular complexity index is 941. The first-order valence-corrected chi connectivity index (χ1v) is 6.17. The maximum Gasteiger partial charge on any atom is 0.295 e. The highest BCUT2D eigenvalue weighted by molar-refractivity contribution is 5.88. The summed E-state index contributed by atoms with van der Waals surface area (Å²) in [7, 11) is 0. The van der Waals surface area contributed by atoms with Crippen molar-refractivity contribution >= 4 is 16.7 Å². The number of aromatic amines is 2. The van der Waals surface area contributed by atoms with Gasteiger partial charge in [0, 0.05) is 5.41 Å². The highest BCUT2D eigenvalue weighted by Gasteiger charge is 2.23. The van der Waals surface area contributed by atoms with E-state index in [2.05, 4.69) is 25.3 Å². The van der Waals surface area contributed by atoms with Crippen LogP contribution >= 0.6 is 0 Å². The fraction of sp³-hybridized carbons (Fsp3) is 0.417. The second-order valence-electron chi connectivity index (χ2n) is 5.75. The lowest BCUT2D eigenvalue weighted by molar-refractivity contribution is 0.542. The number of aryl methyl sites for hydroxylation is 1. The number of nitrogens with one attached hydrogen (secondary N) is 2. The van der Waals surface area contributed by atoms with Crippen LogP contribution < -0.4 is 11.1 Å². The zero-order valence-electron chi connectivity index (χ0n) is 11.6. The van der Waals surface area contributed by atoms with Gasteiger partial charge >= 0.3 is 0 Å². The van der Waals surface area contributed by atoms with Crippen molar-refractivity contribution in [2.75, 3.05) is 0 Å². The smallest absolute Gasteiger partial charge is 0.295 e. The van der Waals surface area contributed by atoms with Crippen LogP contribution in [-0.4, -0.2) is 29.8 Å². The van der Waals surface area contributed by atoms with Crippen LogP contribution in [0.3, 0.4) is 0 Å². The van der Waals surface area contributed by atoms with E-state index < -0.39 is 5.41 Å². The first-order chi connectivity index (χ1) is 9.29. The minimum atomic E-state index is -0.432. The lowest BCUT2D eigenvalue weighted by Gasteiger charge is -2.14. The molecule has 0 aromatic carbocycles. The first-order valence-electron chi connectivity index (χ1n) is 6.17. The van der Waals surface area contributed by atoms with Gasteiger partial charge in [-0.05, 0) is 6.92 Å². The van der Waals surface area contributed by atoms with Crippen LogP contribution in [0.2, 0.25) is 0 Å². The molecule has 104 valence electrons. The Labute approximate surface area is 112 Å². The molecule has 8 heteroatoms. The molecule has 3 heterocycles. The second-order valence-corrected chi connectivity index (χ2v) is 5.75. The number of hydrogen-bond donors (Lipinski definition) is 2. The summed E-state index contributed by atoms with van der Waals surface area (Å²) in [5.74, 6) is 0.464. The molecule has 2 N–H and O–H groups in total. The van der Waals surface area contributed by atoms with E-state index in [4.69, 9.17) is 0 Å². The van der Waals surface area contributed by atoms with Crippen molar-refractivity contribution in [3.05, 3.63) is 32.2 Å². The number of aromatic nitrogens is 6. The molecular formula is C12H14N6O2. The van der Waals surface area contributed by atoms with Gasteiger partial charge in [-0.1, -0.05) is 20.8 Å². The van der Waals surface area contributed by atoms with Crippen molar-refractivity contribution in [1.82, 2.24) is 29.8 Å². The van der Waals surface area contributed by atoms with Gasteiger partial charge in [-0.25, -0.2) is 4.98 Å². The van der Waals surface area contributed by atoms with Crippen molar-refractivity contribution in [2.24, 2.45) is 0 Å². The van der Waals surface area contributed by atoms with Gasteiger partial charge in [0.15, 0.2) is 11.3 Å². The largest absolute Gasteiger partial charge is 0.310 e. The fourth-order valence-electron chi connectivity index (χ4n) is 2.10. The molecule has 0 saturated heterocycles. The molecule has 3 aromatic rings. The molecule has 3 rings (SSSR count). The van der Waals surface area contributed by atoms with Gasteiger partial charge in [-0.2, -0.15) is 4.52 Å². The van der Waals surface area contributed by atoms with Crippen molar-refractivity contribution < 1.29 is 0 Å². The Morgan fingerprint density at radius 1 is 1.15 bits per heavy atom. The summed E-state index contributed by atoms with van der Waals surface area (Å²) >= 11 is 0. The van der Waals surface area contributed by atoms with Crippen molar-refractivity contribution in [2.45, 2.75) is 33.1 Å². The standard InChI is InChI=1S/C12H14N6O2/c1-5-13-8-6(10(19)14-5)9-16-15-7(12(2,3)4)11(20)18(9)17-8/h1-4H3,(H2,13,14,17,19). The highest BCUT2D eigenvalue weighted by Crippen LogP contribution is 2.17. The van der Waals surface area contributed by atoms with Crippen molar-refractivity contribution in [3.8, 4) is 0 Å². The molecule has 0 spiro atoms. The Morgan fingerprint density at radius 2 is 1.85 bits per heavy atom. The lowest BCUT2D eigenvalue weighted by Crippen LogP contribution is -2.30. The Morgan fingerprint density at radius 3 is 2.50 bits per heavy atom. The maximum absolute atomic E-state index is 12.4. The maximum atomic E-state index is 12.4. The average Bonchev–Trinajstić information content (AvgIpc) is 2.66. The fourth-order valence-corrected chi connectivity index (χ4v) is 2.10. The normalized spacial score (nSPS) is 12.4. The van der Waals surface area contributed by atoms with Crippen LogP contribution in [0, 0.1) is 6.92 Å². The van der Waals surface area contributed by atoms with Crippen LogP contribution in [0.4, 0.5) is 0 Å². The summed E-state index contributed by atoms with van der Waals surface area (Å²) in [6.45, 7) is 7.30.